The van der Waals surface area contributed by atoms with Crippen molar-refractivity contribution in [2.45, 2.75) is 84.0 Å². The Morgan fingerprint density at radius 1 is 0.708 bits per heavy atom. The molecule has 1 aromatic rings. The number of benzene rings is 1. The number of hydrogen-bond acceptors (Lipinski definition) is 2. The summed E-state index contributed by atoms with van der Waals surface area (Å²) in [7, 11) is 2.20. The van der Waals surface area contributed by atoms with Gasteiger partial charge in [0.2, 0.25) is 0 Å². The molecule has 0 radical (unpaired) electrons. The van der Waals surface area contributed by atoms with Crippen LogP contribution in [0.15, 0.2) is 24.3 Å². The molecule has 0 aromatic heterocycles. The van der Waals surface area contributed by atoms with Gasteiger partial charge in [0.1, 0.15) is 0 Å². The van der Waals surface area contributed by atoms with E-state index in [2.05, 4.69) is 48.0 Å². The maximum absolute atomic E-state index is 2.53. The molecule has 24 heavy (non-hydrogen) atoms. The van der Waals surface area contributed by atoms with Crippen LogP contribution >= 0.6 is 0 Å². The fourth-order valence-corrected chi connectivity index (χ4v) is 3.80. The van der Waals surface area contributed by atoms with Gasteiger partial charge in [-0.1, -0.05) is 89.7 Å². The van der Waals surface area contributed by atoms with Gasteiger partial charge >= 0.3 is 0 Å². The van der Waals surface area contributed by atoms with Crippen molar-refractivity contribution in [2.75, 3.05) is 30.1 Å². The van der Waals surface area contributed by atoms with Gasteiger partial charge in [-0.3, -0.25) is 0 Å². The van der Waals surface area contributed by atoms with E-state index >= 15 is 0 Å². The van der Waals surface area contributed by atoms with Crippen molar-refractivity contribution in [1.82, 2.24) is 0 Å². The van der Waals surface area contributed by atoms with Gasteiger partial charge in [0.05, 0.1) is 18.0 Å². The molecule has 0 atom stereocenters. The van der Waals surface area contributed by atoms with Crippen molar-refractivity contribution >= 4 is 11.4 Å². The van der Waals surface area contributed by atoms with E-state index in [0.717, 1.165) is 6.67 Å². The summed E-state index contributed by atoms with van der Waals surface area (Å²) in [5, 5.41) is 0. The van der Waals surface area contributed by atoms with Crippen molar-refractivity contribution in [3.63, 3.8) is 0 Å². The second-order valence-electron chi connectivity index (χ2n) is 7.48. The Kier molecular flexibility index (Phi) is 9.09. The minimum Gasteiger partial charge on any atom is -0.355 e. The van der Waals surface area contributed by atoms with Gasteiger partial charge in [-0.15, -0.1) is 0 Å². The van der Waals surface area contributed by atoms with Crippen LogP contribution in [-0.2, 0) is 0 Å². The van der Waals surface area contributed by atoms with Gasteiger partial charge in [-0.2, -0.15) is 0 Å². The van der Waals surface area contributed by atoms with Crippen LogP contribution in [0, 0.1) is 0 Å². The number of nitrogens with zero attached hydrogens (tertiary/aromatic N) is 2. The van der Waals surface area contributed by atoms with E-state index in [-0.39, 0.29) is 0 Å². The molecule has 1 aliphatic heterocycles. The maximum atomic E-state index is 2.53. The highest BCUT2D eigenvalue weighted by Crippen LogP contribution is 2.34. The lowest BCUT2D eigenvalue weighted by molar-refractivity contribution is 0.543. The lowest BCUT2D eigenvalue weighted by Gasteiger charge is -2.19. The van der Waals surface area contributed by atoms with Crippen LogP contribution in [-0.4, -0.2) is 20.3 Å². The number of unbranched alkanes of at least 4 members (excludes halogenated alkanes) is 11. The summed E-state index contributed by atoms with van der Waals surface area (Å²) >= 11 is 0. The van der Waals surface area contributed by atoms with Gasteiger partial charge in [0.25, 0.3) is 0 Å². The quantitative estimate of drug-likeness (QED) is 0.376. The minimum absolute atomic E-state index is 1.05. The highest BCUT2D eigenvalue weighted by molar-refractivity contribution is 5.75. The highest BCUT2D eigenvalue weighted by Gasteiger charge is 2.21. The number of anilines is 2. The predicted octanol–water partition coefficient (Wildman–Crippen LogP) is 6.60. The molecule has 0 fully saturated rings. The van der Waals surface area contributed by atoms with E-state index in [9.17, 15) is 0 Å². The molecule has 0 saturated heterocycles. The molecule has 136 valence electrons. The van der Waals surface area contributed by atoms with Gasteiger partial charge < -0.3 is 9.80 Å². The smallest absolute Gasteiger partial charge is 0.0901 e. The molecule has 0 unspecified atom stereocenters. The monoisotopic (exact) mass is 330 g/mol. The van der Waals surface area contributed by atoms with E-state index in [1.54, 1.807) is 0 Å². The van der Waals surface area contributed by atoms with E-state index in [1.165, 1.54) is 95.0 Å². The molecule has 0 amide bonds. The van der Waals surface area contributed by atoms with Crippen LogP contribution in [0.4, 0.5) is 11.4 Å². The van der Waals surface area contributed by atoms with Gasteiger partial charge in [-0.05, 0) is 18.6 Å². The van der Waals surface area contributed by atoms with Crippen molar-refractivity contribution in [1.29, 1.82) is 0 Å². The zero-order chi connectivity index (χ0) is 17.0. The van der Waals surface area contributed by atoms with Gasteiger partial charge in [-0.25, -0.2) is 0 Å². The fourth-order valence-electron chi connectivity index (χ4n) is 3.80. The highest BCUT2D eigenvalue weighted by atomic mass is 15.4. The molecule has 2 heteroatoms. The summed E-state index contributed by atoms with van der Waals surface area (Å²) in [5.74, 6) is 0. The number of rotatable bonds is 13. The lowest BCUT2D eigenvalue weighted by Crippen LogP contribution is -2.28. The Hall–Kier alpha value is -1.18. The van der Waals surface area contributed by atoms with Crippen LogP contribution in [0.3, 0.4) is 0 Å². The first-order chi connectivity index (χ1) is 11.8. The molecular weight excluding hydrogens is 292 g/mol. The molecule has 0 aliphatic carbocycles. The van der Waals surface area contributed by atoms with Crippen molar-refractivity contribution < 1.29 is 0 Å². The van der Waals surface area contributed by atoms with Crippen LogP contribution in [0.5, 0.6) is 0 Å². The van der Waals surface area contributed by atoms with Crippen LogP contribution in [0.25, 0.3) is 0 Å². The van der Waals surface area contributed by atoms with E-state index in [0.29, 0.717) is 0 Å². The first kappa shape index (κ1) is 19.1. The minimum atomic E-state index is 1.05. The van der Waals surface area contributed by atoms with Gasteiger partial charge in [0.15, 0.2) is 0 Å². The Labute approximate surface area is 150 Å². The molecule has 0 bridgehead atoms. The third-order valence-corrected chi connectivity index (χ3v) is 5.30. The second kappa shape index (κ2) is 11.4. The van der Waals surface area contributed by atoms with Crippen LogP contribution in [0.2, 0.25) is 0 Å². The van der Waals surface area contributed by atoms with Gasteiger partial charge in [0, 0.05) is 13.6 Å². The molecule has 2 rings (SSSR count). The van der Waals surface area contributed by atoms with Crippen molar-refractivity contribution in [2.24, 2.45) is 0 Å². The lowest BCUT2D eigenvalue weighted by atomic mass is 10.1. The fraction of sp³-hybridized carbons (Fsp3) is 0.727. The first-order valence-electron chi connectivity index (χ1n) is 10.4. The zero-order valence-electron chi connectivity index (χ0n) is 16.1. The summed E-state index contributed by atoms with van der Waals surface area (Å²) < 4.78 is 0. The standard InChI is InChI=1S/C22H38N2/c1-3-4-5-6-7-8-9-10-11-12-13-16-19-24-20-23(2)21-17-14-15-18-22(21)24/h14-15,17-18H,3-13,16,19-20H2,1-2H3. The first-order valence-corrected chi connectivity index (χ1v) is 10.4. The van der Waals surface area contributed by atoms with Crippen LogP contribution in [0.1, 0.15) is 84.0 Å². The predicted molar refractivity (Wildman–Crippen MR) is 108 cm³/mol. The molecule has 2 nitrogen and oxygen atoms in total. The molecular formula is C22H38N2. The van der Waals surface area contributed by atoms with E-state index in [4.69, 9.17) is 0 Å². The normalized spacial score (nSPS) is 13.6. The number of fused-ring (bicyclic) bond motifs is 1. The number of para-hydroxylation sites is 2. The summed E-state index contributed by atoms with van der Waals surface area (Å²) in [4.78, 5) is 4.89. The zero-order valence-corrected chi connectivity index (χ0v) is 16.1. The Morgan fingerprint density at radius 2 is 1.21 bits per heavy atom. The Morgan fingerprint density at radius 3 is 1.79 bits per heavy atom. The molecule has 0 N–H and O–H groups in total. The average molecular weight is 331 g/mol. The summed E-state index contributed by atoms with van der Waals surface area (Å²) in [6.07, 6.45) is 17.1. The largest absolute Gasteiger partial charge is 0.355 e. The molecule has 0 saturated carbocycles. The third kappa shape index (κ3) is 6.37. The molecule has 1 aromatic carbocycles. The third-order valence-electron chi connectivity index (χ3n) is 5.30. The second-order valence-corrected chi connectivity index (χ2v) is 7.48. The van der Waals surface area contributed by atoms with E-state index < -0.39 is 0 Å². The Balaban J connectivity index is 1.44. The Bertz CT molecular complexity index is 443. The summed E-state index contributed by atoms with van der Waals surface area (Å²) in [6.45, 7) is 4.55. The maximum Gasteiger partial charge on any atom is 0.0901 e. The van der Waals surface area contributed by atoms with Crippen molar-refractivity contribution in [3.8, 4) is 0 Å². The van der Waals surface area contributed by atoms with Crippen LogP contribution < -0.4 is 9.80 Å². The van der Waals surface area contributed by atoms with Crippen molar-refractivity contribution in [3.05, 3.63) is 24.3 Å². The summed E-state index contributed by atoms with van der Waals surface area (Å²) in [6, 6.07) is 8.80. The average Bonchev–Trinajstić information content (AvgIpc) is 2.92. The SMILES string of the molecule is CCCCCCCCCCCCCCN1CN(C)c2ccccc21. The topological polar surface area (TPSA) is 6.48 Å². The number of hydrogen-bond donors (Lipinski definition) is 0. The molecule has 1 aliphatic rings. The molecule has 1 heterocycles. The summed E-state index contributed by atoms with van der Waals surface area (Å²) in [5.41, 5.74) is 2.81. The van der Waals surface area contributed by atoms with E-state index in [1.807, 2.05) is 0 Å². The molecule has 0 spiro atoms.